The maximum absolute atomic E-state index is 6.03. The van der Waals surface area contributed by atoms with E-state index < -0.39 is 0 Å². The van der Waals surface area contributed by atoms with Crippen LogP contribution in [0.15, 0.2) is 30.5 Å². The smallest absolute Gasteiger partial charge is 0.124 e. The summed E-state index contributed by atoms with van der Waals surface area (Å²) in [5.41, 5.74) is 2.05. The van der Waals surface area contributed by atoms with Crippen molar-refractivity contribution in [3.05, 3.63) is 46.7 Å². The predicted molar refractivity (Wildman–Crippen MR) is 81.3 cm³/mol. The fourth-order valence-electron chi connectivity index (χ4n) is 1.94. The van der Waals surface area contributed by atoms with Crippen LogP contribution >= 0.6 is 11.6 Å². The van der Waals surface area contributed by atoms with E-state index in [9.17, 15) is 0 Å². The van der Waals surface area contributed by atoms with Crippen LogP contribution < -0.4 is 10.1 Å². The molecule has 0 fully saturated rings. The molecule has 0 saturated carbocycles. The van der Waals surface area contributed by atoms with Gasteiger partial charge in [0.2, 0.25) is 0 Å². The zero-order chi connectivity index (χ0) is 14.5. The molecule has 1 aromatic heterocycles. The fourth-order valence-corrected chi connectivity index (χ4v) is 2.13. The van der Waals surface area contributed by atoms with Crippen molar-refractivity contribution < 1.29 is 4.74 Å². The molecule has 5 heteroatoms. The highest BCUT2D eigenvalue weighted by Crippen LogP contribution is 2.23. The van der Waals surface area contributed by atoms with Gasteiger partial charge in [-0.05, 0) is 24.3 Å². The van der Waals surface area contributed by atoms with Gasteiger partial charge >= 0.3 is 0 Å². The summed E-state index contributed by atoms with van der Waals surface area (Å²) in [6.07, 6.45) is 1.97. The Balaban J connectivity index is 2.08. The molecule has 0 aliphatic carbocycles. The summed E-state index contributed by atoms with van der Waals surface area (Å²) in [6, 6.07) is 8.08. The molecule has 0 spiro atoms. The van der Waals surface area contributed by atoms with Crippen molar-refractivity contribution in [3.8, 4) is 5.75 Å². The maximum Gasteiger partial charge on any atom is 0.124 e. The normalized spacial score (nSPS) is 11.1. The van der Waals surface area contributed by atoms with E-state index in [1.807, 2.05) is 35.1 Å². The second-order valence-corrected chi connectivity index (χ2v) is 5.43. The van der Waals surface area contributed by atoms with Crippen LogP contribution in [0.2, 0.25) is 5.02 Å². The second-order valence-electron chi connectivity index (χ2n) is 5.00. The van der Waals surface area contributed by atoms with Crippen LogP contribution in [-0.4, -0.2) is 22.9 Å². The average Bonchev–Trinajstić information content (AvgIpc) is 2.84. The molecule has 1 aromatic carbocycles. The molecule has 0 atom stereocenters. The lowest BCUT2D eigenvalue weighted by Gasteiger charge is -2.09. The van der Waals surface area contributed by atoms with Crippen LogP contribution in [0.3, 0.4) is 0 Å². The summed E-state index contributed by atoms with van der Waals surface area (Å²) in [6.45, 7) is 5.66. The number of ether oxygens (including phenoxy) is 1. The maximum atomic E-state index is 6.03. The van der Waals surface area contributed by atoms with Crippen LogP contribution in [0.5, 0.6) is 5.75 Å². The topological polar surface area (TPSA) is 39.1 Å². The third kappa shape index (κ3) is 3.99. The number of halogens is 1. The van der Waals surface area contributed by atoms with Gasteiger partial charge in [0.25, 0.3) is 0 Å². The predicted octanol–water partition coefficient (Wildman–Crippen LogP) is 3.09. The SMILES string of the molecule is COc1ccc(Cl)cc1Cn1ccc(CNC(C)C)n1. The van der Waals surface area contributed by atoms with Gasteiger partial charge in [0, 0.05) is 29.4 Å². The summed E-state index contributed by atoms with van der Waals surface area (Å²) >= 11 is 6.03. The van der Waals surface area contributed by atoms with Gasteiger partial charge in [-0.25, -0.2) is 0 Å². The Bertz CT molecular complexity index is 566. The molecule has 0 radical (unpaired) electrons. The minimum absolute atomic E-state index is 0.452. The van der Waals surface area contributed by atoms with Crippen molar-refractivity contribution in [2.45, 2.75) is 33.0 Å². The van der Waals surface area contributed by atoms with Crippen LogP contribution in [-0.2, 0) is 13.1 Å². The molecule has 0 aliphatic heterocycles. The van der Waals surface area contributed by atoms with E-state index in [2.05, 4.69) is 24.3 Å². The average molecular weight is 294 g/mol. The monoisotopic (exact) mass is 293 g/mol. The summed E-state index contributed by atoms with van der Waals surface area (Å²) in [4.78, 5) is 0. The highest BCUT2D eigenvalue weighted by atomic mass is 35.5. The van der Waals surface area contributed by atoms with Gasteiger partial charge < -0.3 is 10.1 Å². The molecule has 108 valence electrons. The van der Waals surface area contributed by atoms with Crippen molar-refractivity contribution in [3.63, 3.8) is 0 Å². The van der Waals surface area contributed by atoms with Crippen molar-refractivity contribution in [2.75, 3.05) is 7.11 Å². The standard InChI is InChI=1S/C15H20ClN3O/c1-11(2)17-9-14-6-7-19(18-14)10-12-8-13(16)4-5-15(12)20-3/h4-8,11,17H,9-10H2,1-3H3. The molecular weight excluding hydrogens is 274 g/mol. The van der Waals surface area contributed by atoms with E-state index in [1.165, 1.54) is 0 Å². The number of nitrogens with zero attached hydrogens (tertiary/aromatic N) is 2. The highest BCUT2D eigenvalue weighted by Gasteiger charge is 2.06. The lowest BCUT2D eigenvalue weighted by atomic mass is 10.2. The van der Waals surface area contributed by atoms with Gasteiger partial charge in [-0.3, -0.25) is 4.68 Å². The summed E-state index contributed by atoms with van der Waals surface area (Å²) < 4.78 is 7.24. The summed E-state index contributed by atoms with van der Waals surface area (Å²) in [5, 5.41) is 8.59. The van der Waals surface area contributed by atoms with E-state index in [0.717, 1.165) is 23.6 Å². The number of rotatable bonds is 6. The molecular formula is C15H20ClN3O. The Labute approximate surface area is 124 Å². The number of methoxy groups -OCH3 is 1. The van der Waals surface area contributed by atoms with Crippen molar-refractivity contribution in [1.82, 2.24) is 15.1 Å². The molecule has 1 heterocycles. The lowest BCUT2D eigenvalue weighted by molar-refractivity contribution is 0.407. The van der Waals surface area contributed by atoms with Crippen molar-refractivity contribution in [2.24, 2.45) is 0 Å². The molecule has 0 unspecified atom stereocenters. The van der Waals surface area contributed by atoms with Gasteiger partial charge in [-0.15, -0.1) is 0 Å². The summed E-state index contributed by atoms with van der Waals surface area (Å²) in [5.74, 6) is 0.826. The minimum Gasteiger partial charge on any atom is -0.496 e. The second kappa shape index (κ2) is 6.77. The Kier molecular flexibility index (Phi) is 5.04. The van der Waals surface area contributed by atoms with Crippen LogP contribution in [0.1, 0.15) is 25.1 Å². The Morgan fingerprint density at radius 3 is 2.85 bits per heavy atom. The largest absolute Gasteiger partial charge is 0.496 e. The van der Waals surface area contributed by atoms with Gasteiger partial charge in [-0.2, -0.15) is 5.10 Å². The Morgan fingerprint density at radius 2 is 2.15 bits per heavy atom. The molecule has 1 N–H and O–H groups in total. The number of benzene rings is 1. The molecule has 0 bridgehead atoms. The van der Waals surface area contributed by atoms with Crippen molar-refractivity contribution in [1.29, 1.82) is 0 Å². The van der Waals surface area contributed by atoms with E-state index >= 15 is 0 Å². The van der Waals surface area contributed by atoms with Gasteiger partial charge in [0.05, 0.1) is 19.3 Å². The zero-order valence-electron chi connectivity index (χ0n) is 12.1. The quantitative estimate of drug-likeness (QED) is 0.889. The molecule has 0 aliphatic rings. The first-order chi connectivity index (χ1) is 9.58. The lowest BCUT2D eigenvalue weighted by Crippen LogP contribution is -2.22. The van der Waals surface area contributed by atoms with E-state index in [1.54, 1.807) is 7.11 Å². The Morgan fingerprint density at radius 1 is 1.35 bits per heavy atom. The molecule has 4 nitrogen and oxygen atoms in total. The third-order valence-corrected chi connectivity index (χ3v) is 3.20. The third-order valence-electron chi connectivity index (χ3n) is 2.96. The van der Waals surface area contributed by atoms with Gasteiger partial charge in [0.15, 0.2) is 0 Å². The van der Waals surface area contributed by atoms with E-state index in [-0.39, 0.29) is 0 Å². The number of aromatic nitrogens is 2. The van der Waals surface area contributed by atoms with E-state index in [4.69, 9.17) is 16.3 Å². The first-order valence-corrected chi connectivity index (χ1v) is 7.04. The summed E-state index contributed by atoms with van der Waals surface area (Å²) in [7, 11) is 1.66. The van der Waals surface area contributed by atoms with Crippen LogP contribution in [0, 0.1) is 0 Å². The highest BCUT2D eigenvalue weighted by molar-refractivity contribution is 6.30. The number of hydrogen-bond acceptors (Lipinski definition) is 3. The molecule has 2 rings (SSSR count). The zero-order valence-corrected chi connectivity index (χ0v) is 12.8. The van der Waals surface area contributed by atoms with Crippen LogP contribution in [0.25, 0.3) is 0 Å². The Hall–Kier alpha value is -1.52. The number of hydrogen-bond donors (Lipinski definition) is 1. The van der Waals surface area contributed by atoms with Gasteiger partial charge in [-0.1, -0.05) is 25.4 Å². The van der Waals surface area contributed by atoms with Crippen LogP contribution in [0.4, 0.5) is 0 Å². The molecule has 0 saturated heterocycles. The first kappa shape index (κ1) is 14.9. The van der Waals surface area contributed by atoms with Gasteiger partial charge in [0.1, 0.15) is 5.75 Å². The molecule has 2 aromatic rings. The number of nitrogens with one attached hydrogen (secondary N) is 1. The fraction of sp³-hybridized carbons (Fsp3) is 0.400. The molecule has 20 heavy (non-hydrogen) atoms. The first-order valence-electron chi connectivity index (χ1n) is 6.66. The molecule has 0 amide bonds. The van der Waals surface area contributed by atoms with E-state index in [0.29, 0.717) is 17.6 Å². The van der Waals surface area contributed by atoms with Crippen molar-refractivity contribution >= 4 is 11.6 Å². The minimum atomic E-state index is 0.452.